The van der Waals surface area contributed by atoms with Crippen molar-refractivity contribution in [3.8, 4) is 0 Å². The van der Waals surface area contributed by atoms with Gasteiger partial charge in [-0.15, -0.1) is 0 Å². The Hall–Kier alpha value is -2.94. The predicted octanol–water partition coefficient (Wildman–Crippen LogP) is 1.94. The van der Waals surface area contributed by atoms with Gasteiger partial charge in [0.15, 0.2) is 5.69 Å². The Bertz CT molecular complexity index is 861. The van der Waals surface area contributed by atoms with Crippen LogP contribution in [-0.4, -0.2) is 35.2 Å². The van der Waals surface area contributed by atoms with Crippen LogP contribution < -0.4 is 21.7 Å². The molecular formula is C19H25N5O3S. The van der Waals surface area contributed by atoms with Crippen LogP contribution in [-0.2, 0) is 4.79 Å². The van der Waals surface area contributed by atoms with E-state index in [2.05, 4.69) is 23.5 Å². The van der Waals surface area contributed by atoms with Gasteiger partial charge in [-0.25, -0.2) is 0 Å². The van der Waals surface area contributed by atoms with Gasteiger partial charge in [0.25, 0.3) is 11.8 Å². The molecule has 1 aromatic carbocycles. The summed E-state index contributed by atoms with van der Waals surface area (Å²) in [4.78, 5) is 38.3. The molecule has 0 saturated carbocycles. The number of hydrogen-bond donors (Lipinski definition) is 3. The van der Waals surface area contributed by atoms with Crippen molar-refractivity contribution in [1.82, 2.24) is 9.69 Å². The second kappa shape index (κ2) is 9.32. The average Bonchev–Trinajstić information content (AvgIpc) is 3.01. The lowest BCUT2D eigenvalue weighted by atomic mass is 10.1. The molecule has 1 heterocycles. The summed E-state index contributed by atoms with van der Waals surface area (Å²) in [5.41, 5.74) is 12.5. The molecule has 28 heavy (non-hydrogen) atoms. The number of amides is 3. The fourth-order valence-corrected chi connectivity index (χ4v) is 3.21. The highest BCUT2D eigenvalue weighted by atomic mass is 32.1. The molecular weight excluding hydrogens is 378 g/mol. The lowest BCUT2D eigenvalue weighted by molar-refractivity contribution is -0.119. The number of carbonyl (C=O) groups excluding carboxylic acids is 3. The van der Waals surface area contributed by atoms with E-state index in [1.807, 2.05) is 19.1 Å². The second-order valence-electron chi connectivity index (χ2n) is 6.90. The van der Waals surface area contributed by atoms with Crippen LogP contribution >= 0.6 is 11.5 Å². The Kier molecular flexibility index (Phi) is 7.11. The minimum atomic E-state index is -0.805. The largest absolute Gasteiger partial charge is 0.395 e. The molecule has 0 radical (unpaired) electrons. The maximum absolute atomic E-state index is 13.1. The third kappa shape index (κ3) is 5.29. The molecule has 150 valence electrons. The third-order valence-corrected chi connectivity index (χ3v) is 4.94. The molecule has 0 spiro atoms. The van der Waals surface area contributed by atoms with Crippen molar-refractivity contribution in [2.45, 2.75) is 27.2 Å². The highest BCUT2D eigenvalue weighted by Gasteiger charge is 2.27. The first-order valence-electron chi connectivity index (χ1n) is 8.90. The van der Waals surface area contributed by atoms with E-state index in [1.165, 1.54) is 4.90 Å². The first-order valence-corrected chi connectivity index (χ1v) is 9.68. The lowest BCUT2D eigenvalue weighted by Gasteiger charge is -2.22. The van der Waals surface area contributed by atoms with E-state index in [0.717, 1.165) is 23.5 Å². The maximum Gasteiger partial charge on any atom is 0.272 e. The van der Waals surface area contributed by atoms with Crippen molar-refractivity contribution in [2.24, 2.45) is 11.7 Å². The summed E-state index contributed by atoms with van der Waals surface area (Å²) in [6.07, 6.45) is 0.841. The van der Waals surface area contributed by atoms with E-state index in [-0.39, 0.29) is 28.7 Å². The molecule has 8 nitrogen and oxygen atoms in total. The Morgan fingerprint density at radius 1 is 1.21 bits per heavy atom. The van der Waals surface area contributed by atoms with Crippen molar-refractivity contribution < 1.29 is 14.4 Å². The molecule has 0 unspecified atom stereocenters. The Balaban J connectivity index is 2.28. The number of nitrogen functional groups attached to an aromatic ring is 1. The zero-order chi connectivity index (χ0) is 20.8. The molecule has 0 fully saturated rings. The summed E-state index contributed by atoms with van der Waals surface area (Å²) < 4.78 is 3.87. The number of hydrogen-bond acceptors (Lipinski definition) is 6. The molecule has 0 bridgehead atoms. The normalized spacial score (nSPS) is 10.7. The Morgan fingerprint density at radius 2 is 1.86 bits per heavy atom. The van der Waals surface area contributed by atoms with Crippen molar-refractivity contribution in [3.63, 3.8) is 0 Å². The highest BCUT2D eigenvalue weighted by molar-refractivity contribution is 7.09. The number of primary amides is 1. The van der Waals surface area contributed by atoms with Crippen LogP contribution in [0.25, 0.3) is 0 Å². The first-order chi connectivity index (χ1) is 13.2. The van der Waals surface area contributed by atoms with E-state index in [4.69, 9.17) is 11.5 Å². The number of rotatable bonds is 8. The van der Waals surface area contributed by atoms with Gasteiger partial charge in [0.1, 0.15) is 11.4 Å². The van der Waals surface area contributed by atoms with Gasteiger partial charge in [0, 0.05) is 12.2 Å². The van der Waals surface area contributed by atoms with Crippen LogP contribution in [0.4, 0.5) is 11.4 Å². The molecule has 3 amide bonds. The van der Waals surface area contributed by atoms with E-state index in [0.29, 0.717) is 18.2 Å². The van der Waals surface area contributed by atoms with Gasteiger partial charge >= 0.3 is 0 Å². The minimum Gasteiger partial charge on any atom is -0.395 e. The molecule has 0 aliphatic carbocycles. The Labute approximate surface area is 168 Å². The topological polar surface area (TPSA) is 131 Å². The number of aryl methyl sites for hydroxylation is 1. The minimum absolute atomic E-state index is 0.0696. The fraction of sp³-hybridized carbons (Fsp3) is 0.368. The lowest BCUT2D eigenvalue weighted by Crippen LogP contribution is -2.41. The quantitative estimate of drug-likeness (QED) is 0.620. The van der Waals surface area contributed by atoms with Crippen LogP contribution in [0, 0.1) is 12.8 Å². The molecule has 9 heteroatoms. The third-order valence-electron chi connectivity index (χ3n) is 4.09. The van der Waals surface area contributed by atoms with Crippen LogP contribution in [0.3, 0.4) is 0 Å². The molecule has 0 atom stereocenters. The van der Waals surface area contributed by atoms with E-state index < -0.39 is 11.8 Å². The van der Waals surface area contributed by atoms with Crippen LogP contribution in [0.1, 0.15) is 46.0 Å². The number of anilines is 2. The summed E-state index contributed by atoms with van der Waals surface area (Å²) in [6.45, 7) is 6.41. The fourth-order valence-electron chi connectivity index (χ4n) is 2.46. The summed E-state index contributed by atoms with van der Waals surface area (Å²) in [5.74, 6) is -1.14. The van der Waals surface area contributed by atoms with E-state index in [1.54, 1.807) is 12.1 Å². The van der Waals surface area contributed by atoms with Gasteiger partial charge in [0.05, 0.1) is 5.69 Å². The molecule has 5 N–H and O–H groups in total. The maximum atomic E-state index is 13.1. The van der Waals surface area contributed by atoms with E-state index in [9.17, 15) is 14.4 Å². The Morgan fingerprint density at radius 3 is 2.39 bits per heavy atom. The van der Waals surface area contributed by atoms with Crippen LogP contribution in [0.5, 0.6) is 0 Å². The van der Waals surface area contributed by atoms with Gasteiger partial charge in [-0.3, -0.25) is 19.3 Å². The molecule has 0 aliphatic rings. The smallest absolute Gasteiger partial charge is 0.272 e. The van der Waals surface area contributed by atoms with Crippen molar-refractivity contribution in [1.29, 1.82) is 0 Å². The van der Waals surface area contributed by atoms with E-state index >= 15 is 0 Å². The standard InChI is InChI=1S/C19H25N5O3S/c1-11(2)8-9-22-14(25)10-24(13-6-4-12(3)5-7-13)19(27)17-15(20)16(18(21)26)23-28-17/h4-7,11H,8-10,20H2,1-3H3,(H2,21,26)(H,22,25). The number of carbonyl (C=O) groups is 3. The first kappa shape index (κ1) is 21.4. The SMILES string of the molecule is Cc1ccc(N(CC(=O)NCCC(C)C)C(=O)c2snc(C(N)=O)c2N)cc1. The zero-order valence-corrected chi connectivity index (χ0v) is 17.0. The molecule has 0 aliphatic heterocycles. The molecule has 2 rings (SSSR count). The number of nitrogens with two attached hydrogens (primary N) is 2. The number of benzene rings is 1. The van der Waals surface area contributed by atoms with Crippen LogP contribution in [0.2, 0.25) is 0 Å². The molecule has 2 aromatic rings. The average molecular weight is 404 g/mol. The summed E-state index contributed by atoms with van der Waals surface area (Å²) in [6, 6.07) is 7.19. The molecule has 0 saturated heterocycles. The summed E-state index contributed by atoms with van der Waals surface area (Å²) in [5, 5.41) is 2.82. The highest BCUT2D eigenvalue weighted by Crippen LogP contribution is 2.26. The second-order valence-corrected chi connectivity index (χ2v) is 7.67. The van der Waals surface area contributed by atoms with Gasteiger partial charge in [-0.1, -0.05) is 31.5 Å². The van der Waals surface area contributed by atoms with Gasteiger partial charge in [-0.05, 0) is 42.9 Å². The summed E-state index contributed by atoms with van der Waals surface area (Å²) in [7, 11) is 0. The van der Waals surface area contributed by atoms with Gasteiger partial charge in [-0.2, -0.15) is 4.37 Å². The van der Waals surface area contributed by atoms with Crippen LogP contribution in [0.15, 0.2) is 24.3 Å². The van der Waals surface area contributed by atoms with Crippen molar-refractivity contribution in [3.05, 3.63) is 40.4 Å². The number of nitrogens with one attached hydrogen (secondary N) is 1. The predicted molar refractivity (Wildman–Crippen MR) is 110 cm³/mol. The van der Waals surface area contributed by atoms with Gasteiger partial charge < -0.3 is 16.8 Å². The van der Waals surface area contributed by atoms with Crippen molar-refractivity contribution >= 4 is 40.6 Å². The number of aromatic nitrogens is 1. The zero-order valence-electron chi connectivity index (χ0n) is 16.2. The van der Waals surface area contributed by atoms with Crippen molar-refractivity contribution in [2.75, 3.05) is 23.7 Å². The monoisotopic (exact) mass is 403 g/mol. The summed E-state index contributed by atoms with van der Waals surface area (Å²) >= 11 is 0.789. The molecule has 1 aromatic heterocycles. The number of nitrogens with zero attached hydrogens (tertiary/aromatic N) is 2. The van der Waals surface area contributed by atoms with Gasteiger partial charge in [0.2, 0.25) is 5.91 Å².